The lowest BCUT2D eigenvalue weighted by Crippen LogP contribution is -2.19. The zero-order valence-corrected chi connectivity index (χ0v) is 12.3. The van der Waals surface area contributed by atoms with Crippen LogP contribution in [0.5, 0.6) is 11.5 Å². The second-order valence-electron chi connectivity index (χ2n) is 5.02. The van der Waals surface area contributed by atoms with Crippen LogP contribution >= 0.6 is 0 Å². The summed E-state index contributed by atoms with van der Waals surface area (Å²) in [6, 6.07) is 6.26. The first-order chi connectivity index (χ1) is 10.3. The third-order valence-corrected chi connectivity index (χ3v) is 3.45. The smallest absolute Gasteiger partial charge is 0.251 e. The van der Waals surface area contributed by atoms with Crippen LogP contribution in [0.3, 0.4) is 0 Å². The summed E-state index contributed by atoms with van der Waals surface area (Å²) in [5, 5.41) is 11.6. The maximum absolute atomic E-state index is 5.72. The Balaban J connectivity index is 1.75. The fraction of sp³-hybridized carbons (Fsp3) is 0.467. The lowest BCUT2D eigenvalue weighted by Gasteiger charge is -2.09. The number of aromatic nitrogens is 2. The third-order valence-electron chi connectivity index (χ3n) is 3.45. The monoisotopic (exact) mass is 289 g/mol. The van der Waals surface area contributed by atoms with Gasteiger partial charge in [-0.15, -0.1) is 10.2 Å². The SMILES string of the molecule is COc1cccc(-c2nnc(CCNC3CC3)o2)c1OC. The van der Waals surface area contributed by atoms with E-state index in [4.69, 9.17) is 13.9 Å². The Hall–Kier alpha value is -2.08. The molecule has 1 N–H and O–H groups in total. The van der Waals surface area contributed by atoms with Gasteiger partial charge in [0, 0.05) is 19.0 Å². The number of benzene rings is 1. The molecule has 1 aromatic carbocycles. The van der Waals surface area contributed by atoms with Crippen molar-refractivity contribution in [3.8, 4) is 23.0 Å². The summed E-state index contributed by atoms with van der Waals surface area (Å²) in [7, 11) is 3.20. The number of rotatable bonds is 7. The summed E-state index contributed by atoms with van der Waals surface area (Å²) in [6.45, 7) is 0.863. The Morgan fingerprint density at radius 2 is 2.10 bits per heavy atom. The minimum Gasteiger partial charge on any atom is -0.493 e. The number of hydrogen-bond donors (Lipinski definition) is 1. The van der Waals surface area contributed by atoms with E-state index in [0.717, 1.165) is 18.5 Å². The Kier molecular flexibility index (Phi) is 4.06. The molecule has 3 rings (SSSR count). The molecule has 0 saturated heterocycles. The first-order valence-corrected chi connectivity index (χ1v) is 7.09. The van der Waals surface area contributed by atoms with Crippen molar-refractivity contribution in [3.63, 3.8) is 0 Å². The molecule has 0 radical (unpaired) electrons. The first-order valence-electron chi connectivity index (χ1n) is 7.09. The molecule has 1 saturated carbocycles. The van der Waals surface area contributed by atoms with Gasteiger partial charge in [0.1, 0.15) is 0 Å². The molecule has 1 aromatic heterocycles. The van der Waals surface area contributed by atoms with Gasteiger partial charge in [-0.25, -0.2) is 0 Å². The third kappa shape index (κ3) is 3.16. The molecule has 1 aliphatic carbocycles. The molecule has 1 heterocycles. The van der Waals surface area contributed by atoms with E-state index >= 15 is 0 Å². The molecular weight excluding hydrogens is 270 g/mol. The predicted octanol–water partition coefficient (Wildman–Crippen LogP) is 2.05. The van der Waals surface area contributed by atoms with E-state index in [9.17, 15) is 0 Å². The minimum atomic E-state index is 0.451. The fourth-order valence-corrected chi connectivity index (χ4v) is 2.19. The van der Waals surface area contributed by atoms with Gasteiger partial charge in [0.05, 0.1) is 19.8 Å². The van der Waals surface area contributed by atoms with Crippen molar-refractivity contribution in [2.45, 2.75) is 25.3 Å². The van der Waals surface area contributed by atoms with E-state index in [0.29, 0.717) is 29.3 Å². The van der Waals surface area contributed by atoms with Crippen molar-refractivity contribution in [2.24, 2.45) is 0 Å². The van der Waals surface area contributed by atoms with Gasteiger partial charge in [-0.1, -0.05) is 6.07 Å². The van der Waals surface area contributed by atoms with E-state index in [-0.39, 0.29) is 0 Å². The van der Waals surface area contributed by atoms with Crippen LogP contribution in [0.2, 0.25) is 0 Å². The number of para-hydroxylation sites is 1. The second kappa shape index (κ2) is 6.13. The highest BCUT2D eigenvalue weighted by Crippen LogP contribution is 2.37. The molecule has 6 nitrogen and oxygen atoms in total. The zero-order chi connectivity index (χ0) is 14.7. The average Bonchev–Trinajstić information content (AvgIpc) is 3.22. The van der Waals surface area contributed by atoms with Gasteiger partial charge in [0.2, 0.25) is 5.89 Å². The Labute approximate surface area is 123 Å². The Morgan fingerprint density at radius 1 is 1.24 bits per heavy atom. The van der Waals surface area contributed by atoms with Gasteiger partial charge in [-0.3, -0.25) is 0 Å². The normalized spacial score (nSPS) is 14.2. The molecule has 2 aromatic rings. The van der Waals surface area contributed by atoms with Crippen molar-refractivity contribution in [2.75, 3.05) is 20.8 Å². The van der Waals surface area contributed by atoms with Crippen LogP contribution in [0, 0.1) is 0 Å². The quantitative estimate of drug-likeness (QED) is 0.841. The molecule has 0 bridgehead atoms. The van der Waals surface area contributed by atoms with Crippen molar-refractivity contribution in [3.05, 3.63) is 24.1 Å². The first kappa shape index (κ1) is 13.9. The summed E-state index contributed by atoms with van der Waals surface area (Å²) in [5.41, 5.74) is 0.741. The predicted molar refractivity (Wildman–Crippen MR) is 77.6 cm³/mol. The molecule has 0 unspecified atom stereocenters. The molecule has 1 aliphatic rings. The molecule has 21 heavy (non-hydrogen) atoms. The van der Waals surface area contributed by atoms with Crippen molar-refractivity contribution >= 4 is 0 Å². The number of nitrogens with one attached hydrogen (secondary N) is 1. The van der Waals surface area contributed by atoms with Crippen LogP contribution in [0.15, 0.2) is 22.6 Å². The second-order valence-corrected chi connectivity index (χ2v) is 5.02. The van der Waals surface area contributed by atoms with Gasteiger partial charge in [-0.05, 0) is 25.0 Å². The Morgan fingerprint density at radius 3 is 2.81 bits per heavy atom. The van der Waals surface area contributed by atoms with Crippen molar-refractivity contribution in [1.82, 2.24) is 15.5 Å². The van der Waals surface area contributed by atoms with Gasteiger partial charge >= 0.3 is 0 Å². The molecule has 6 heteroatoms. The largest absolute Gasteiger partial charge is 0.493 e. The van der Waals surface area contributed by atoms with Crippen LogP contribution < -0.4 is 14.8 Å². The van der Waals surface area contributed by atoms with Crippen LogP contribution in [-0.4, -0.2) is 37.0 Å². The summed E-state index contributed by atoms with van der Waals surface area (Å²) in [5.74, 6) is 2.33. The van der Waals surface area contributed by atoms with E-state index in [1.165, 1.54) is 12.8 Å². The van der Waals surface area contributed by atoms with Crippen LogP contribution in [0.25, 0.3) is 11.5 Å². The lowest BCUT2D eigenvalue weighted by atomic mass is 10.2. The lowest BCUT2D eigenvalue weighted by molar-refractivity contribution is 0.355. The highest BCUT2D eigenvalue weighted by molar-refractivity contribution is 5.67. The molecule has 0 spiro atoms. The highest BCUT2D eigenvalue weighted by Gasteiger charge is 2.20. The Bertz CT molecular complexity index is 608. The number of ether oxygens (including phenoxy) is 2. The van der Waals surface area contributed by atoms with Crippen molar-refractivity contribution < 1.29 is 13.9 Å². The van der Waals surface area contributed by atoms with Crippen LogP contribution in [-0.2, 0) is 6.42 Å². The van der Waals surface area contributed by atoms with E-state index in [2.05, 4.69) is 15.5 Å². The maximum Gasteiger partial charge on any atom is 0.251 e. The molecule has 0 aliphatic heterocycles. The standard InChI is InChI=1S/C15H19N3O3/c1-19-12-5-3-4-11(14(12)20-2)15-18-17-13(21-15)8-9-16-10-6-7-10/h3-5,10,16H,6-9H2,1-2H3. The van der Waals surface area contributed by atoms with Crippen molar-refractivity contribution in [1.29, 1.82) is 0 Å². The zero-order valence-electron chi connectivity index (χ0n) is 12.3. The van der Waals surface area contributed by atoms with Crippen LogP contribution in [0.1, 0.15) is 18.7 Å². The number of methoxy groups -OCH3 is 2. The molecule has 112 valence electrons. The molecule has 0 atom stereocenters. The minimum absolute atomic E-state index is 0.451. The molecular formula is C15H19N3O3. The van der Waals surface area contributed by atoms with Gasteiger partial charge in [0.25, 0.3) is 5.89 Å². The fourth-order valence-electron chi connectivity index (χ4n) is 2.19. The maximum atomic E-state index is 5.72. The topological polar surface area (TPSA) is 69.4 Å². The van der Waals surface area contributed by atoms with Gasteiger partial charge in [-0.2, -0.15) is 0 Å². The van der Waals surface area contributed by atoms with E-state index in [1.807, 2.05) is 18.2 Å². The van der Waals surface area contributed by atoms with Crippen LogP contribution in [0.4, 0.5) is 0 Å². The van der Waals surface area contributed by atoms with E-state index < -0.39 is 0 Å². The van der Waals surface area contributed by atoms with E-state index in [1.54, 1.807) is 14.2 Å². The summed E-state index contributed by atoms with van der Waals surface area (Å²) in [4.78, 5) is 0. The summed E-state index contributed by atoms with van der Waals surface area (Å²) in [6.07, 6.45) is 3.28. The number of nitrogens with zero attached hydrogens (tertiary/aromatic N) is 2. The van der Waals surface area contributed by atoms with Gasteiger partial charge in [0.15, 0.2) is 11.5 Å². The summed E-state index contributed by atoms with van der Waals surface area (Å²) >= 11 is 0. The average molecular weight is 289 g/mol. The number of hydrogen-bond acceptors (Lipinski definition) is 6. The highest BCUT2D eigenvalue weighted by atomic mass is 16.5. The molecule has 1 fully saturated rings. The van der Waals surface area contributed by atoms with Gasteiger partial charge < -0.3 is 19.2 Å². The molecule has 0 amide bonds. The summed E-state index contributed by atoms with van der Waals surface area (Å²) < 4.78 is 16.4.